The Morgan fingerprint density at radius 3 is 2.87 bits per heavy atom. The molecule has 1 fully saturated rings. The van der Waals surface area contributed by atoms with Gasteiger partial charge in [-0.05, 0) is 41.9 Å². The molecule has 0 aromatic heterocycles. The van der Waals surface area contributed by atoms with E-state index >= 15 is 0 Å². The van der Waals surface area contributed by atoms with Gasteiger partial charge in [0.25, 0.3) is 0 Å². The van der Waals surface area contributed by atoms with Crippen LogP contribution in [0.3, 0.4) is 0 Å². The van der Waals surface area contributed by atoms with Gasteiger partial charge in [-0.1, -0.05) is 13.8 Å². The van der Waals surface area contributed by atoms with Crippen LogP contribution in [0.4, 0.5) is 0 Å². The number of rotatable bonds is 4. The lowest BCUT2D eigenvalue weighted by Crippen LogP contribution is -2.46. The summed E-state index contributed by atoms with van der Waals surface area (Å²) in [5.74, 6) is -8.34. The van der Waals surface area contributed by atoms with Crippen LogP contribution in [-0.2, 0) is 11.2 Å². The maximum Gasteiger partial charge on any atom is 0.161 e. The fraction of sp³-hybridized carbons (Fsp3) is 0.632. The highest BCUT2D eigenvalue weighted by molar-refractivity contribution is 5.83. The van der Waals surface area contributed by atoms with Crippen molar-refractivity contribution in [1.82, 2.24) is 4.90 Å². The van der Waals surface area contributed by atoms with Gasteiger partial charge in [0, 0.05) is 43.6 Å². The van der Waals surface area contributed by atoms with E-state index in [9.17, 15) is 6.17 Å². The number of carbonyl (C=O) groups excluding carboxylic acids is 1. The van der Waals surface area contributed by atoms with Gasteiger partial charge in [0.2, 0.25) is 0 Å². The number of nitrogens with zero attached hydrogens (tertiary/aromatic N) is 1. The van der Waals surface area contributed by atoms with Gasteiger partial charge in [-0.2, -0.15) is 0 Å². The fourth-order valence-corrected chi connectivity index (χ4v) is 2.28. The Labute approximate surface area is 164 Å². The molecule has 0 amide bonds. The Balaban J connectivity index is 2.65. The minimum atomic E-state index is -3.84. The zero-order valence-electron chi connectivity index (χ0n) is 30.5. The second kappa shape index (κ2) is 6.52. The number of benzene rings is 1. The van der Waals surface area contributed by atoms with Crippen LogP contribution >= 0.6 is 0 Å². The van der Waals surface area contributed by atoms with Crippen molar-refractivity contribution in [2.75, 3.05) is 27.1 Å². The molecule has 2 aliphatic rings. The Kier molecular flexibility index (Phi) is 1.48. The Hall–Kier alpha value is -1.55. The zero-order chi connectivity index (χ0) is 32.3. The molecule has 126 valence electrons. The molecule has 0 saturated carbocycles. The van der Waals surface area contributed by atoms with Gasteiger partial charge in [0.1, 0.15) is 5.78 Å². The van der Waals surface area contributed by atoms with Gasteiger partial charge < -0.3 is 9.47 Å². The number of carbonyl (C=O) groups is 1. The minimum absolute atomic E-state index is 0.299. The van der Waals surface area contributed by atoms with E-state index < -0.39 is 105 Å². The van der Waals surface area contributed by atoms with Crippen molar-refractivity contribution in [3.63, 3.8) is 0 Å². The topological polar surface area (TPSA) is 38.8 Å². The average Bonchev–Trinajstić information content (AvgIpc) is 2.73. The summed E-state index contributed by atoms with van der Waals surface area (Å²) in [5.41, 5.74) is -2.72. The number of methoxy groups -OCH3 is 2. The third-order valence-electron chi connectivity index (χ3n) is 3.26. The molecule has 0 spiro atoms. The molecule has 1 aromatic rings. The van der Waals surface area contributed by atoms with Crippen molar-refractivity contribution in [1.29, 1.82) is 0 Å². The normalized spacial score (nSPS) is 52.0. The summed E-state index contributed by atoms with van der Waals surface area (Å²) in [4.78, 5) is 13.3. The van der Waals surface area contributed by atoms with E-state index in [1.165, 1.54) is 13.8 Å². The summed E-state index contributed by atoms with van der Waals surface area (Å²) >= 11 is 0. The molecule has 4 nitrogen and oxygen atoms in total. The predicted molar refractivity (Wildman–Crippen MR) is 90.1 cm³/mol. The molecule has 1 aromatic carbocycles. The van der Waals surface area contributed by atoms with Crippen molar-refractivity contribution in [2.24, 2.45) is 11.8 Å². The number of ether oxygens (including phenoxy) is 2. The number of piperidine rings is 1. The van der Waals surface area contributed by atoms with Gasteiger partial charge in [0.05, 0.1) is 26.4 Å². The molecule has 4 heteroatoms. The fourth-order valence-electron chi connectivity index (χ4n) is 2.28. The third-order valence-corrected chi connectivity index (χ3v) is 3.26. The zero-order valence-corrected chi connectivity index (χ0v) is 12.5. The van der Waals surface area contributed by atoms with Crippen molar-refractivity contribution >= 4 is 5.78 Å². The molecule has 1 saturated heterocycles. The molecule has 0 radical (unpaired) electrons. The van der Waals surface area contributed by atoms with Crippen LogP contribution < -0.4 is 9.47 Å². The lowest BCUT2D eigenvalue weighted by molar-refractivity contribution is -0.129. The average molecular weight is 336 g/mol. The maximum absolute atomic E-state index is 13.6. The minimum Gasteiger partial charge on any atom is -0.493 e. The smallest absolute Gasteiger partial charge is 0.161 e. The maximum atomic E-state index is 13.6. The number of Topliss-reactive ketones (excluding diaryl/α,β-unsaturated/α-hetero) is 1. The monoisotopic (exact) mass is 335 g/mol. The number of hydrogen-bond acceptors (Lipinski definition) is 4. The molecule has 2 heterocycles. The summed E-state index contributed by atoms with van der Waals surface area (Å²) < 4.78 is 158. The molecule has 2 unspecified atom stereocenters. The van der Waals surface area contributed by atoms with Gasteiger partial charge in [0.15, 0.2) is 11.5 Å². The van der Waals surface area contributed by atoms with Gasteiger partial charge in [-0.3, -0.25) is 9.69 Å². The standard InChI is InChI=1S/C19H27NO3/c1-12(2)7-14-11-20-6-5-13-8-18(22-3)19(23-4)9-15(13)16(20)10-17(14)21/h8-9,12,14,16H,5-7,10-11H2,1-4H3/i3D3,4D3,5D2,6D2,8D,9D,10D2,11D2,14D,16D. The van der Waals surface area contributed by atoms with Gasteiger partial charge in [-0.15, -0.1) is 0 Å². The molecule has 0 aliphatic carbocycles. The largest absolute Gasteiger partial charge is 0.493 e. The quantitative estimate of drug-likeness (QED) is 0.847. The van der Waals surface area contributed by atoms with E-state index in [2.05, 4.69) is 4.74 Å². The lowest BCUT2D eigenvalue weighted by Gasteiger charge is -2.43. The SMILES string of the molecule is [2H]c1c(OC([2H])([2H])[2H])c(OC([2H])([2H])[2H])c([2H])c2c1C([2H])([2H])C([2H])([2H])N1C([2H])([2H])C([2H])(CC(C)C)C(=O)C([2H])([2H])C21[2H]. The molecule has 23 heavy (non-hydrogen) atoms. The second-order valence-corrected chi connectivity index (χ2v) is 5.43. The summed E-state index contributed by atoms with van der Waals surface area (Å²) in [6.45, 7) is -4.54. The summed E-state index contributed by atoms with van der Waals surface area (Å²) in [5, 5.41) is 0. The summed E-state index contributed by atoms with van der Waals surface area (Å²) in [6.07, 6.45) is -8.15. The first-order chi connectivity index (χ1) is 17.9. The third kappa shape index (κ3) is 3.09. The van der Waals surface area contributed by atoms with Crippen LogP contribution in [-0.4, -0.2) is 37.8 Å². The van der Waals surface area contributed by atoms with E-state index in [0.717, 1.165) is 0 Å². The van der Waals surface area contributed by atoms with Crippen molar-refractivity contribution in [3.05, 3.63) is 23.2 Å². The summed E-state index contributed by atoms with van der Waals surface area (Å²) in [7, 11) is -6.94. The van der Waals surface area contributed by atoms with E-state index in [4.69, 9.17) is 28.0 Å². The van der Waals surface area contributed by atoms with Crippen LogP contribution in [0.15, 0.2) is 12.1 Å². The van der Waals surface area contributed by atoms with Crippen LogP contribution in [0.2, 0.25) is 0 Å². The Morgan fingerprint density at radius 1 is 1.43 bits per heavy atom. The highest BCUT2D eigenvalue weighted by atomic mass is 16.5. The van der Waals surface area contributed by atoms with Gasteiger partial charge in [-0.25, -0.2) is 0 Å². The highest BCUT2D eigenvalue weighted by Crippen LogP contribution is 2.42. The van der Waals surface area contributed by atoms with Crippen LogP contribution in [0.25, 0.3) is 0 Å². The van der Waals surface area contributed by atoms with Gasteiger partial charge >= 0.3 is 0 Å². The highest BCUT2D eigenvalue weighted by Gasteiger charge is 2.38. The second-order valence-electron chi connectivity index (χ2n) is 5.43. The predicted octanol–water partition coefficient (Wildman–Crippen LogP) is 3.24. The number of hydrogen-bond donors (Lipinski definition) is 0. The lowest BCUT2D eigenvalue weighted by atomic mass is 9.80. The van der Waals surface area contributed by atoms with Crippen LogP contribution in [0, 0.1) is 11.8 Å². The molecule has 3 rings (SSSR count). The molecular weight excluding hydrogens is 290 g/mol. The number of ketones is 1. The van der Waals surface area contributed by atoms with E-state index in [1.54, 1.807) is 0 Å². The summed E-state index contributed by atoms with van der Waals surface area (Å²) in [6, 6.07) is -6.64. The molecular formula is C19H27NO3. The van der Waals surface area contributed by atoms with Crippen molar-refractivity contribution < 1.29 is 38.9 Å². The van der Waals surface area contributed by atoms with Crippen LogP contribution in [0.5, 0.6) is 11.5 Å². The Bertz CT molecular complexity index is 1270. The first-order valence-electron chi connectivity index (χ1n) is 15.9. The van der Waals surface area contributed by atoms with Crippen molar-refractivity contribution in [3.8, 4) is 11.5 Å². The van der Waals surface area contributed by atoms with E-state index in [1.807, 2.05) is 0 Å². The van der Waals surface area contributed by atoms with Crippen molar-refractivity contribution in [2.45, 2.75) is 39.0 Å². The van der Waals surface area contributed by atoms with Crippen LogP contribution in [0.1, 0.15) is 68.5 Å². The van der Waals surface area contributed by atoms with E-state index in [-0.39, 0.29) is 4.90 Å². The molecule has 2 atom stereocenters. The molecule has 0 bridgehead atoms. The molecule has 0 N–H and O–H groups in total. The van der Waals surface area contributed by atoms with E-state index in [0.29, 0.717) is 0 Å². The first-order valence-corrected chi connectivity index (χ1v) is 6.86. The molecule has 2 aliphatic heterocycles. The first kappa shape index (κ1) is 5.22. The Morgan fingerprint density at radius 2 is 2.17 bits per heavy atom. The number of fused-ring (bicyclic) bond motifs is 3.